The third-order valence-electron chi connectivity index (χ3n) is 3.06. The zero-order valence-corrected chi connectivity index (χ0v) is 12.7. The number of ether oxygens (including phenoxy) is 1. The highest BCUT2D eigenvalue weighted by Crippen LogP contribution is 2.33. The minimum Gasteiger partial charge on any atom is -0.495 e. The van der Waals surface area contributed by atoms with Gasteiger partial charge in [0.05, 0.1) is 24.2 Å². The number of nitrogens with two attached hydrogens (primary N) is 1. The number of benzene rings is 1. The molecule has 0 aliphatic rings. The third-order valence-corrected chi connectivity index (χ3v) is 3.30. The van der Waals surface area contributed by atoms with Crippen LogP contribution in [0.3, 0.4) is 0 Å². The number of methoxy groups -OCH3 is 1. The lowest BCUT2D eigenvalue weighted by molar-refractivity contribution is 0.417. The fourth-order valence-corrected chi connectivity index (χ4v) is 2.24. The van der Waals surface area contributed by atoms with E-state index in [1.54, 1.807) is 23.9 Å². The molecule has 20 heavy (non-hydrogen) atoms. The van der Waals surface area contributed by atoms with Crippen LogP contribution in [0.4, 0.5) is 17.2 Å². The highest BCUT2D eigenvalue weighted by molar-refractivity contribution is 6.31. The van der Waals surface area contributed by atoms with Crippen molar-refractivity contribution < 1.29 is 4.74 Å². The second kappa shape index (κ2) is 6.05. The molecule has 1 heterocycles. The van der Waals surface area contributed by atoms with Gasteiger partial charge in [0, 0.05) is 12.1 Å². The molecule has 0 spiro atoms. The van der Waals surface area contributed by atoms with E-state index in [1.165, 1.54) is 0 Å². The Balaban J connectivity index is 2.37. The van der Waals surface area contributed by atoms with Crippen molar-refractivity contribution in [1.29, 1.82) is 0 Å². The van der Waals surface area contributed by atoms with Crippen LogP contribution in [0.2, 0.25) is 5.02 Å². The second-order valence-electron chi connectivity index (χ2n) is 4.55. The predicted molar refractivity (Wildman–Crippen MR) is 82.9 cm³/mol. The predicted octanol–water partition coefficient (Wildman–Crippen LogP) is 3.36. The Morgan fingerprint density at radius 2 is 2.20 bits per heavy atom. The number of nitrogens with one attached hydrogen (secondary N) is 1. The Kier molecular flexibility index (Phi) is 4.39. The van der Waals surface area contributed by atoms with Gasteiger partial charge in [0.1, 0.15) is 5.75 Å². The molecule has 0 aliphatic heterocycles. The number of hydrogen-bond donors (Lipinski definition) is 2. The molecule has 5 nitrogen and oxygen atoms in total. The van der Waals surface area contributed by atoms with Crippen molar-refractivity contribution in [3.05, 3.63) is 28.9 Å². The maximum atomic E-state index is 6.15. The molecule has 6 heteroatoms. The van der Waals surface area contributed by atoms with Crippen molar-refractivity contribution in [2.45, 2.75) is 19.8 Å². The number of aromatic nitrogens is 2. The summed E-state index contributed by atoms with van der Waals surface area (Å²) in [5, 5.41) is 8.30. The summed E-state index contributed by atoms with van der Waals surface area (Å²) in [7, 11) is 3.47. The van der Waals surface area contributed by atoms with Gasteiger partial charge in [-0.25, -0.2) is 0 Å². The van der Waals surface area contributed by atoms with Crippen LogP contribution < -0.4 is 15.8 Å². The Morgan fingerprint density at radius 1 is 1.45 bits per heavy atom. The van der Waals surface area contributed by atoms with Crippen LogP contribution in [0.25, 0.3) is 0 Å². The van der Waals surface area contributed by atoms with Gasteiger partial charge in [0.15, 0.2) is 5.82 Å². The van der Waals surface area contributed by atoms with Gasteiger partial charge in [-0.1, -0.05) is 24.9 Å². The van der Waals surface area contributed by atoms with E-state index < -0.39 is 0 Å². The van der Waals surface area contributed by atoms with Crippen molar-refractivity contribution in [3.63, 3.8) is 0 Å². The van der Waals surface area contributed by atoms with Gasteiger partial charge in [-0.05, 0) is 24.6 Å². The summed E-state index contributed by atoms with van der Waals surface area (Å²) in [5.41, 5.74) is 8.47. The normalized spacial score (nSPS) is 10.6. The molecule has 0 radical (unpaired) electrons. The fraction of sp³-hybridized carbons (Fsp3) is 0.357. The number of rotatable bonds is 5. The summed E-state index contributed by atoms with van der Waals surface area (Å²) in [5.74, 6) is 1.45. The Labute approximate surface area is 123 Å². The van der Waals surface area contributed by atoms with E-state index >= 15 is 0 Å². The van der Waals surface area contributed by atoms with Crippen LogP contribution in [0.1, 0.15) is 19.0 Å². The van der Waals surface area contributed by atoms with Crippen molar-refractivity contribution in [1.82, 2.24) is 9.78 Å². The topological polar surface area (TPSA) is 65.1 Å². The zero-order valence-electron chi connectivity index (χ0n) is 11.9. The van der Waals surface area contributed by atoms with E-state index in [9.17, 15) is 0 Å². The molecule has 108 valence electrons. The summed E-state index contributed by atoms with van der Waals surface area (Å²) in [4.78, 5) is 0. The minimum absolute atomic E-state index is 0.628. The summed E-state index contributed by atoms with van der Waals surface area (Å²) >= 11 is 6.03. The molecular weight excluding hydrogens is 276 g/mol. The molecule has 2 rings (SSSR count). The molecule has 0 amide bonds. The average Bonchev–Trinajstić information content (AvgIpc) is 2.67. The van der Waals surface area contributed by atoms with Crippen LogP contribution in [0, 0.1) is 0 Å². The molecule has 3 N–H and O–H groups in total. The summed E-state index contributed by atoms with van der Waals surface area (Å²) in [6.45, 7) is 2.10. The van der Waals surface area contributed by atoms with Crippen molar-refractivity contribution in [2.75, 3.05) is 18.2 Å². The van der Waals surface area contributed by atoms with Crippen LogP contribution in [-0.4, -0.2) is 16.9 Å². The third kappa shape index (κ3) is 2.82. The summed E-state index contributed by atoms with van der Waals surface area (Å²) in [6, 6.07) is 5.39. The van der Waals surface area contributed by atoms with Gasteiger partial charge < -0.3 is 15.8 Å². The number of hydrogen-bond acceptors (Lipinski definition) is 4. The first-order valence-corrected chi connectivity index (χ1v) is 6.86. The second-order valence-corrected chi connectivity index (χ2v) is 4.99. The van der Waals surface area contributed by atoms with Crippen LogP contribution in [-0.2, 0) is 13.5 Å². The highest BCUT2D eigenvalue weighted by atomic mass is 35.5. The molecular formula is C14H19ClN4O. The first-order valence-electron chi connectivity index (χ1n) is 6.48. The van der Waals surface area contributed by atoms with Crippen molar-refractivity contribution in [2.24, 2.45) is 7.05 Å². The Morgan fingerprint density at radius 3 is 2.85 bits per heavy atom. The molecule has 0 saturated heterocycles. The first kappa shape index (κ1) is 14.5. The van der Waals surface area contributed by atoms with Crippen LogP contribution in [0.5, 0.6) is 5.75 Å². The Hall–Kier alpha value is -1.88. The minimum atomic E-state index is 0.628. The first-order chi connectivity index (χ1) is 9.56. The number of aryl methyl sites for hydroxylation is 2. The average molecular weight is 295 g/mol. The molecule has 0 unspecified atom stereocenters. The maximum absolute atomic E-state index is 6.15. The van der Waals surface area contributed by atoms with Crippen LogP contribution in [0.15, 0.2) is 18.2 Å². The molecule has 1 aromatic carbocycles. The summed E-state index contributed by atoms with van der Waals surface area (Å²) < 4.78 is 7.05. The van der Waals surface area contributed by atoms with E-state index in [4.69, 9.17) is 22.1 Å². The SMILES string of the molecule is CCCc1nn(C)c(Nc2cc(Cl)ccc2OC)c1N. The van der Waals surface area contributed by atoms with Crippen LogP contribution >= 0.6 is 11.6 Å². The lowest BCUT2D eigenvalue weighted by atomic mass is 10.2. The van der Waals surface area contributed by atoms with Gasteiger partial charge in [-0.2, -0.15) is 5.10 Å². The molecule has 0 saturated carbocycles. The zero-order chi connectivity index (χ0) is 14.7. The van der Waals surface area contributed by atoms with E-state index in [-0.39, 0.29) is 0 Å². The molecule has 0 fully saturated rings. The molecule has 0 bridgehead atoms. The smallest absolute Gasteiger partial charge is 0.152 e. The number of anilines is 3. The Bertz CT molecular complexity index is 609. The van der Waals surface area contributed by atoms with Crippen molar-refractivity contribution >= 4 is 28.8 Å². The molecule has 0 aliphatic carbocycles. The summed E-state index contributed by atoms with van der Waals surface area (Å²) in [6.07, 6.45) is 1.86. The monoisotopic (exact) mass is 294 g/mol. The van der Waals surface area contributed by atoms with E-state index in [0.717, 1.165) is 30.0 Å². The van der Waals surface area contributed by atoms with E-state index in [2.05, 4.69) is 17.3 Å². The van der Waals surface area contributed by atoms with Gasteiger partial charge >= 0.3 is 0 Å². The van der Waals surface area contributed by atoms with E-state index in [0.29, 0.717) is 16.5 Å². The van der Waals surface area contributed by atoms with Gasteiger partial charge in [0.25, 0.3) is 0 Å². The lowest BCUT2D eigenvalue weighted by Gasteiger charge is -2.12. The standard InChI is InChI=1S/C14H19ClN4O/c1-4-5-10-13(16)14(19(2)18-10)17-11-8-9(15)6-7-12(11)20-3/h6-8,17H,4-5,16H2,1-3H3. The molecule has 2 aromatic rings. The molecule has 0 atom stereocenters. The number of nitrogen functional groups attached to an aromatic ring is 1. The van der Waals surface area contributed by atoms with Crippen molar-refractivity contribution in [3.8, 4) is 5.75 Å². The largest absolute Gasteiger partial charge is 0.495 e. The molecule has 1 aromatic heterocycles. The lowest BCUT2D eigenvalue weighted by Crippen LogP contribution is -2.02. The van der Waals surface area contributed by atoms with Gasteiger partial charge in [0.2, 0.25) is 0 Å². The highest BCUT2D eigenvalue weighted by Gasteiger charge is 2.14. The number of halogens is 1. The quantitative estimate of drug-likeness (QED) is 0.887. The van der Waals surface area contributed by atoms with Gasteiger partial charge in [-0.15, -0.1) is 0 Å². The fourth-order valence-electron chi connectivity index (χ4n) is 2.07. The maximum Gasteiger partial charge on any atom is 0.152 e. The number of nitrogens with zero attached hydrogens (tertiary/aromatic N) is 2. The van der Waals surface area contributed by atoms with E-state index in [1.807, 2.05) is 13.1 Å². The van der Waals surface area contributed by atoms with Gasteiger partial charge in [-0.3, -0.25) is 4.68 Å².